The largest absolute Gasteiger partial charge is 0.497 e. The molecule has 0 radical (unpaired) electrons. The molecule has 0 aromatic heterocycles. The van der Waals surface area contributed by atoms with E-state index in [-0.39, 0.29) is 6.04 Å². The molecule has 0 amide bonds. The van der Waals surface area contributed by atoms with Crippen molar-refractivity contribution in [2.24, 2.45) is 5.73 Å². The molecule has 1 aliphatic rings. The molecule has 2 rings (SSSR count). The van der Waals surface area contributed by atoms with E-state index in [0.717, 1.165) is 43.2 Å². The fraction of sp³-hybridized carbons (Fsp3) is 0.625. The van der Waals surface area contributed by atoms with Crippen molar-refractivity contribution in [1.29, 1.82) is 0 Å². The van der Waals surface area contributed by atoms with Crippen molar-refractivity contribution in [3.05, 3.63) is 23.8 Å². The number of hydrogen-bond donors (Lipinski definition) is 1. The lowest BCUT2D eigenvalue weighted by Gasteiger charge is -2.39. The highest BCUT2D eigenvalue weighted by Crippen LogP contribution is 2.29. The van der Waals surface area contributed by atoms with E-state index in [4.69, 9.17) is 15.2 Å². The van der Waals surface area contributed by atoms with E-state index >= 15 is 0 Å². The predicted molar refractivity (Wildman–Crippen MR) is 85.0 cm³/mol. The Kier molecular flexibility index (Phi) is 5.45. The summed E-state index contributed by atoms with van der Waals surface area (Å²) in [5.74, 6) is 1.58. The van der Waals surface area contributed by atoms with Crippen molar-refractivity contribution in [2.75, 3.05) is 47.4 Å². The first kappa shape index (κ1) is 16.1. The highest BCUT2D eigenvalue weighted by atomic mass is 16.5. The lowest BCUT2D eigenvalue weighted by atomic mass is 10.0. The highest BCUT2D eigenvalue weighted by molar-refractivity contribution is 5.42. The molecule has 0 bridgehead atoms. The van der Waals surface area contributed by atoms with Crippen molar-refractivity contribution >= 4 is 0 Å². The van der Waals surface area contributed by atoms with Gasteiger partial charge in [0.2, 0.25) is 0 Å². The zero-order valence-electron chi connectivity index (χ0n) is 13.5. The molecule has 2 unspecified atom stereocenters. The van der Waals surface area contributed by atoms with Crippen LogP contribution in [0.5, 0.6) is 11.5 Å². The van der Waals surface area contributed by atoms with Crippen LogP contribution in [-0.4, -0.2) is 63.3 Å². The monoisotopic (exact) mass is 293 g/mol. The molecule has 0 aliphatic carbocycles. The van der Waals surface area contributed by atoms with Gasteiger partial charge in [0.1, 0.15) is 11.5 Å². The third-order valence-electron chi connectivity index (χ3n) is 4.24. The Labute approximate surface area is 127 Å². The summed E-state index contributed by atoms with van der Waals surface area (Å²) in [5.41, 5.74) is 7.45. The number of rotatable bonds is 5. The SMILES string of the molecule is COc1ccc(C(N)CN2CCN(C)CC2C)c(OC)c1. The molecule has 5 heteroatoms. The zero-order chi connectivity index (χ0) is 15.4. The van der Waals surface area contributed by atoms with Gasteiger partial charge in [-0.2, -0.15) is 0 Å². The number of methoxy groups -OCH3 is 2. The molecule has 0 spiro atoms. The minimum Gasteiger partial charge on any atom is -0.497 e. The molecule has 1 fully saturated rings. The molecule has 1 heterocycles. The second kappa shape index (κ2) is 7.11. The Bertz CT molecular complexity index is 467. The fourth-order valence-electron chi connectivity index (χ4n) is 2.92. The first-order valence-corrected chi connectivity index (χ1v) is 7.45. The maximum atomic E-state index is 6.41. The summed E-state index contributed by atoms with van der Waals surface area (Å²) in [5, 5.41) is 0. The van der Waals surface area contributed by atoms with Gasteiger partial charge in [-0.05, 0) is 20.0 Å². The molecule has 1 aromatic carbocycles. The van der Waals surface area contributed by atoms with Gasteiger partial charge in [0.25, 0.3) is 0 Å². The van der Waals surface area contributed by atoms with E-state index in [1.54, 1.807) is 14.2 Å². The van der Waals surface area contributed by atoms with E-state index < -0.39 is 0 Å². The van der Waals surface area contributed by atoms with Crippen LogP contribution in [0, 0.1) is 0 Å². The molecular formula is C16H27N3O2. The molecule has 2 atom stereocenters. The van der Waals surface area contributed by atoms with Gasteiger partial charge in [-0.3, -0.25) is 4.90 Å². The smallest absolute Gasteiger partial charge is 0.127 e. The fourth-order valence-corrected chi connectivity index (χ4v) is 2.92. The van der Waals surface area contributed by atoms with Gasteiger partial charge in [-0.15, -0.1) is 0 Å². The van der Waals surface area contributed by atoms with Crippen LogP contribution in [0.25, 0.3) is 0 Å². The van der Waals surface area contributed by atoms with Crippen LogP contribution >= 0.6 is 0 Å². The number of likely N-dealkylation sites (N-methyl/N-ethyl adjacent to an activating group) is 1. The summed E-state index contributed by atoms with van der Waals surface area (Å²) in [6, 6.07) is 6.30. The van der Waals surface area contributed by atoms with Crippen LogP contribution in [0.15, 0.2) is 18.2 Å². The maximum Gasteiger partial charge on any atom is 0.127 e. The van der Waals surface area contributed by atoms with E-state index in [2.05, 4.69) is 23.8 Å². The summed E-state index contributed by atoms with van der Waals surface area (Å²) in [6.07, 6.45) is 0. The standard InChI is InChI=1S/C16H27N3O2/c1-12-10-18(2)7-8-19(12)11-15(17)14-6-5-13(20-3)9-16(14)21-4/h5-6,9,12,15H,7-8,10-11,17H2,1-4H3. The molecule has 21 heavy (non-hydrogen) atoms. The van der Waals surface area contributed by atoms with Crippen LogP contribution in [0.3, 0.4) is 0 Å². The normalized spacial score (nSPS) is 22.0. The quantitative estimate of drug-likeness (QED) is 0.888. The molecule has 2 N–H and O–H groups in total. The van der Waals surface area contributed by atoms with Gasteiger partial charge >= 0.3 is 0 Å². The number of ether oxygens (including phenoxy) is 2. The van der Waals surface area contributed by atoms with Crippen LogP contribution in [0.2, 0.25) is 0 Å². The number of nitrogens with zero attached hydrogens (tertiary/aromatic N) is 2. The third kappa shape index (κ3) is 3.87. The van der Waals surface area contributed by atoms with Gasteiger partial charge in [0.15, 0.2) is 0 Å². The zero-order valence-corrected chi connectivity index (χ0v) is 13.5. The molecule has 118 valence electrons. The Morgan fingerprint density at radius 2 is 2.05 bits per heavy atom. The lowest BCUT2D eigenvalue weighted by Crippen LogP contribution is -2.52. The maximum absolute atomic E-state index is 6.41. The Morgan fingerprint density at radius 3 is 2.67 bits per heavy atom. The summed E-state index contributed by atoms with van der Waals surface area (Å²) in [6.45, 7) is 6.35. The minimum atomic E-state index is -0.0586. The average molecular weight is 293 g/mol. The number of hydrogen-bond acceptors (Lipinski definition) is 5. The van der Waals surface area contributed by atoms with Crippen molar-refractivity contribution in [2.45, 2.75) is 19.0 Å². The van der Waals surface area contributed by atoms with Crippen molar-refractivity contribution in [3.63, 3.8) is 0 Å². The molecule has 1 aliphatic heterocycles. The highest BCUT2D eigenvalue weighted by Gasteiger charge is 2.24. The molecule has 5 nitrogen and oxygen atoms in total. The van der Waals surface area contributed by atoms with Crippen LogP contribution in [-0.2, 0) is 0 Å². The van der Waals surface area contributed by atoms with E-state index in [0.29, 0.717) is 6.04 Å². The Hall–Kier alpha value is -1.30. The first-order chi connectivity index (χ1) is 10.0. The number of nitrogens with two attached hydrogens (primary N) is 1. The average Bonchev–Trinajstić information content (AvgIpc) is 2.49. The summed E-state index contributed by atoms with van der Waals surface area (Å²) < 4.78 is 10.7. The van der Waals surface area contributed by atoms with Crippen LogP contribution in [0.4, 0.5) is 0 Å². The van der Waals surface area contributed by atoms with Gasteiger partial charge in [-0.25, -0.2) is 0 Å². The third-order valence-corrected chi connectivity index (χ3v) is 4.24. The molecule has 1 aromatic rings. The molecular weight excluding hydrogens is 266 g/mol. The van der Waals surface area contributed by atoms with Crippen LogP contribution < -0.4 is 15.2 Å². The summed E-state index contributed by atoms with van der Waals surface area (Å²) in [4.78, 5) is 4.81. The van der Waals surface area contributed by atoms with Crippen molar-refractivity contribution in [3.8, 4) is 11.5 Å². The van der Waals surface area contributed by atoms with Gasteiger partial charge in [0, 0.05) is 49.9 Å². The van der Waals surface area contributed by atoms with E-state index in [1.165, 1.54) is 0 Å². The summed E-state index contributed by atoms with van der Waals surface area (Å²) >= 11 is 0. The Morgan fingerprint density at radius 1 is 1.29 bits per heavy atom. The summed E-state index contributed by atoms with van der Waals surface area (Å²) in [7, 11) is 5.49. The van der Waals surface area contributed by atoms with Crippen molar-refractivity contribution < 1.29 is 9.47 Å². The van der Waals surface area contributed by atoms with E-state index in [9.17, 15) is 0 Å². The molecule has 0 saturated carbocycles. The van der Waals surface area contributed by atoms with Gasteiger partial charge in [0.05, 0.1) is 14.2 Å². The minimum absolute atomic E-state index is 0.0586. The number of piperazine rings is 1. The molecule has 1 saturated heterocycles. The Balaban J connectivity index is 2.07. The topological polar surface area (TPSA) is 51.0 Å². The second-order valence-electron chi connectivity index (χ2n) is 5.82. The van der Waals surface area contributed by atoms with Gasteiger partial charge in [-0.1, -0.05) is 6.07 Å². The van der Waals surface area contributed by atoms with E-state index in [1.807, 2.05) is 18.2 Å². The first-order valence-electron chi connectivity index (χ1n) is 7.45. The predicted octanol–water partition coefficient (Wildman–Crippen LogP) is 1.34. The van der Waals surface area contributed by atoms with Gasteiger partial charge < -0.3 is 20.1 Å². The lowest BCUT2D eigenvalue weighted by molar-refractivity contribution is 0.0943. The van der Waals surface area contributed by atoms with Crippen molar-refractivity contribution in [1.82, 2.24) is 9.80 Å². The second-order valence-corrected chi connectivity index (χ2v) is 5.82. The number of benzene rings is 1. The van der Waals surface area contributed by atoms with Crippen LogP contribution in [0.1, 0.15) is 18.5 Å².